The molecule has 0 saturated heterocycles. The molecular formula is C28H22N4O2S2. The van der Waals surface area contributed by atoms with E-state index in [9.17, 15) is 9.59 Å². The van der Waals surface area contributed by atoms with Gasteiger partial charge in [-0.3, -0.25) is 20.2 Å². The molecular weight excluding hydrogens is 488 g/mol. The lowest BCUT2D eigenvalue weighted by Gasteiger charge is -2.08. The van der Waals surface area contributed by atoms with Crippen LogP contribution in [-0.4, -0.2) is 21.8 Å². The minimum absolute atomic E-state index is 0.261. The fraction of sp³-hybridized carbons (Fsp3) is 0.0714. The molecule has 0 bridgehead atoms. The van der Waals surface area contributed by atoms with E-state index in [1.54, 1.807) is 24.3 Å². The highest BCUT2D eigenvalue weighted by atomic mass is 32.1. The SMILES string of the molecule is Cc1ccc(-c2csc(NC(=O)c3ccccc3C(=O)Nc3nc(-c4ccc(C)cc4)cs3)n2)cc1. The molecule has 0 unspecified atom stereocenters. The third-order valence-electron chi connectivity index (χ3n) is 5.56. The molecule has 5 rings (SSSR count). The van der Waals surface area contributed by atoms with E-state index in [4.69, 9.17) is 0 Å². The van der Waals surface area contributed by atoms with Gasteiger partial charge in [-0.2, -0.15) is 0 Å². The summed E-state index contributed by atoms with van der Waals surface area (Å²) in [5, 5.41) is 10.4. The predicted octanol–water partition coefficient (Wildman–Crippen LogP) is 7.06. The van der Waals surface area contributed by atoms with E-state index in [0.29, 0.717) is 10.3 Å². The molecule has 0 aliphatic heterocycles. The first-order valence-corrected chi connectivity index (χ1v) is 13.0. The molecule has 0 spiro atoms. The van der Waals surface area contributed by atoms with Gasteiger partial charge in [0.25, 0.3) is 11.8 Å². The van der Waals surface area contributed by atoms with E-state index in [0.717, 1.165) is 22.5 Å². The van der Waals surface area contributed by atoms with Gasteiger partial charge < -0.3 is 0 Å². The monoisotopic (exact) mass is 510 g/mol. The second-order valence-corrected chi connectivity index (χ2v) is 9.98. The molecule has 36 heavy (non-hydrogen) atoms. The van der Waals surface area contributed by atoms with Crippen molar-refractivity contribution in [3.8, 4) is 22.5 Å². The largest absolute Gasteiger partial charge is 0.298 e. The van der Waals surface area contributed by atoms with E-state index < -0.39 is 11.8 Å². The fourth-order valence-electron chi connectivity index (χ4n) is 3.58. The lowest BCUT2D eigenvalue weighted by Crippen LogP contribution is -2.20. The normalized spacial score (nSPS) is 10.7. The average molecular weight is 511 g/mol. The molecule has 0 aliphatic carbocycles. The number of carbonyl (C=O) groups excluding carboxylic acids is 2. The van der Waals surface area contributed by atoms with Gasteiger partial charge in [-0.05, 0) is 26.0 Å². The number of amides is 2. The second kappa shape index (κ2) is 10.2. The van der Waals surface area contributed by atoms with E-state index in [-0.39, 0.29) is 11.1 Å². The summed E-state index contributed by atoms with van der Waals surface area (Å²) in [4.78, 5) is 35.2. The van der Waals surface area contributed by atoms with Crippen molar-refractivity contribution in [3.05, 3.63) is 106 Å². The topological polar surface area (TPSA) is 84.0 Å². The molecule has 6 nitrogen and oxygen atoms in total. The molecule has 2 heterocycles. The van der Waals surface area contributed by atoms with Gasteiger partial charge in [0, 0.05) is 21.9 Å². The number of anilines is 2. The highest BCUT2D eigenvalue weighted by Gasteiger charge is 2.19. The molecule has 2 N–H and O–H groups in total. The van der Waals surface area contributed by atoms with Crippen molar-refractivity contribution in [1.29, 1.82) is 0 Å². The summed E-state index contributed by atoms with van der Waals surface area (Å²) in [6.45, 7) is 4.06. The van der Waals surface area contributed by atoms with Crippen LogP contribution in [0.1, 0.15) is 31.8 Å². The van der Waals surface area contributed by atoms with Crippen molar-refractivity contribution in [2.45, 2.75) is 13.8 Å². The third kappa shape index (κ3) is 5.25. The summed E-state index contributed by atoms with van der Waals surface area (Å²) >= 11 is 2.68. The van der Waals surface area contributed by atoms with Gasteiger partial charge in [-0.25, -0.2) is 9.97 Å². The lowest BCUT2D eigenvalue weighted by molar-refractivity contribution is 0.0990. The summed E-state index contributed by atoms with van der Waals surface area (Å²) in [5.74, 6) is -0.796. The quantitative estimate of drug-likeness (QED) is 0.256. The number of benzene rings is 3. The Labute approximate surface area is 216 Å². The zero-order valence-corrected chi connectivity index (χ0v) is 21.2. The molecule has 0 fully saturated rings. The van der Waals surface area contributed by atoms with Gasteiger partial charge in [-0.15, -0.1) is 22.7 Å². The number of nitrogens with one attached hydrogen (secondary N) is 2. The Morgan fingerprint density at radius 2 is 1.00 bits per heavy atom. The Balaban J connectivity index is 1.30. The maximum atomic E-state index is 13.1. The van der Waals surface area contributed by atoms with Crippen LogP contribution in [-0.2, 0) is 0 Å². The van der Waals surface area contributed by atoms with Crippen molar-refractivity contribution >= 4 is 44.8 Å². The molecule has 5 aromatic rings. The van der Waals surface area contributed by atoms with Crippen LogP contribution in [0.2, 0.25) is 0 Å². The molecule has 2 aromatic heterocycles. The van der Waals surface area contributed by atoms with Crippen LogP contribution in [0.4, 0.5) is 10.3 Å². The van der Waals surface area contributed by atoms with Crippen molar-refractivity contribution in [1.82, 2.24) is 9.97 Å². The number of aromatic nitrogens is 2. The number of aryl methyl sites for hydroxylation is 2. The van der Waals surface area contributed by atoms with E-state index in [2.05, 4.69) is 20.6 Å². The molecule has 0 aliphatic rings. The van der Waals surface area contributed by atoms with E-state index in [1.807, 2.05) is 73.1 Å². The van der Waals surface area contributed by atoms with Gasteiger partial charge in [-0.1, -0.05) is 71.8 Å². The Kier molecular flexibility index (Phi) is 6.71. The van der Waals surface area contributed by atoms with E-state index >= 15 is 0 Å². The van der Waals surface area contributed by atoms with Crippen LogP contribution >= 0.6 is 22.7 Å². The van der Waals surface area contributed by atoms with Gasteiger partial charge in [0.1, 0.15) is 0 Å². The molecule has 0 atom stereocenters. The number of hydrogen-bond donors (Lipinski definition) is 2. The first-order valence-electron chi connectivity index (χ1n) is 11.2. The van der Waals surface area contributed by atoms with Crippen LogP contribution in [0.15, 0.2) is 83.6 Å². The van der Waals surface area contributed by atoms with Crippen LogP contribution < -0.4 is 10.6 Å². The molecule has 178 valence electrons. The minimum atomic E-state index is -0.398. The molecule has 8 heteroatoms. The highest BCUT2D eigenvalue weighted by molar-refractivity contribution is 7.14. The molecule has 3 aromatic carbocycles. The number of carbonyl (C=O) groups is 2. The summed E-state index contributed by atoms with van der Waals surface area (Å²) in [6, 6.07) is 22.8. The molecule has 0 saturated carbocycles. The first-order chi connectivity index (χ1) is 17.5. The number of nitrogens with zero attached hydrogens (tertiary/aromatic N) is 2. The highest BCUT2D eigenvalue weighted by Crippen LogP contribution is 2.27. The van der Waals surface area contributed by atoms with Gasteiger partial charge in [0.05, 0.1) is 22.5 Å². The zero-order valence-electron chi connectivity index (χ0n) is 19.6. The Bertz CT molecular complexity index is 1420. The van der Waals surface area contributed by atoms with Crippen molar-refractivity contribution in [2.75, 3.05) is 10.6 Å². The first kappa shape index (κ1) is 23.6. The number of rotatable bonds is 6. The summed E-state index contributed by atoms with van der Waals surface area (Å²) in [6.07, 6.45) is 0. The maximum Gasteiger partial charge on any atom is 0.258 e. The second-order valence-electron chi connectivity index (χ2n) is 8.26. The van der Waals surface area contributed by atoms with Crippen LogP contribution in [0.5, 0.6) is 0 Å². The standard InChI is InChI=1S/C28H22N4O2S2/c1-17-7-11-19(12-8-17)23-15-35-27(29-23)31-25(33)21-5-3-4-6-22(21)26(34)32-28-30-24(16-36-28)20-13-9-18(2)10-14-20/h3-16H,1-2H3,(H,29,31,33)(H,30,32,34). The summed E-state index contributed by atoms with van der Waals surface area (Å²) < 4.78 is 0. The summed E-state index contributed by atoms with van der Waals surface area (Å²) in [5.41, 5.74) is 6.39. The zero-order chi connectivity index (χ0) is 25.1. The van der Waals surface area contributed by atoms with Crippen molar-refractivity contribution in [3.63, 3.8) is 0 Å². The number of hydrogen-bond acceptors (Lipinski definition) is 6. The van der Waals surface area contributed by atoms with Crippen LogP contribution in [0, 0.1) is 13.8 Å². The lowest BCUT2D eigenvalue weighted by atomic mass is 10.1. The minimum Gasteiger partial charge on any atom is -0.298 e. The van der Waals surface area contributed by atoms with Crippen LogP contribution in [0.25, 0.3) is 22.5 Å². The van der Waals surface area contributed by atoms with Gasteiger partial charge in [0.15, 0.2) is 10.3 Å². The molecule has 2 amide bonds. The van der Waals surface area contributed by atoms with Crippen molar-refractivity contribution < 1.29 is 9.59 Å². The number of thiazole rings is 2. The predicted molar refractivity (Wildman–Crippen MR) is 147 cm³/mol. The van der Waals surface area contributed by atoms with Crippen molar-refractivity contribution in [2.24, 2.45) is 0 Å². The molecule has 0 radical (unpaired) electrons. The Morgan fingerprint density at radius 3 is 1.39 bits per heavy atom. The smallest absolute Gasteiger partial charge is 0.258 e. The Hall–Kier alpha value is -4.14. The van der Waals surface area contributed by atoms with Crippen LogP contribution in [0.3, 0.4) is 0 Å². The Morgan fingerprint density at radius 1 is 0.611 bits per heavy atom. The van der Waals surface area contributed by atoms with E-state index in [1.165, 1.54) is 33.8 Å². The summed E-state index contributed by atoms with van der Waals surface area (Å²) in [7, 11) is 0. The maximum absolute atomic E-state index is 13.1. The fourth-order valence-corrected chi connectivity index (χ4v) is 5.01. The third-order valence-corrected chi connectivity index (χ3v) is 7.08. The average Bonchev–Trinajstić information content (AvgIpc) is 3.55. The van der Waals surface area contributed by atoms with Gasteiger partial charge in [0.2, 0.25) is 0 Å². The van der Waals surface area contributed by atoms with Gasteiger partial charge >= 0.3 is 0 Å².